The summed E-state index contributed by atoms with van der Waals surface area (Å²) in [5, 5.41) is 0.602. The third kappa shape index (κ3) is 3.62. The second-order valence-corrected chi connectivity index (χ2v) is 5.95. The number of hydrogen-bond acceptors (Lipinski definition) is 2. The first-order valence-electron chi connectivity index (χ1n) is 5.71. The molecule has 0 radical (unpaired) electrons. The molecule has 19 heavy (non-hydrogen) atoms. The molecule has 1 unspecified atom stereocenters. The summed E-state index contributed by atoms with van der Waals surface area (Å²) in [5.74, 6) is -0.0180. The zero-order chi connectivity index (χ0) is 13.8. The van der Waals surface area contributed by atoms with Gasteiger partial charge in [-0.3, -0.25) is 4.21 Å². The number of nitrogens with two attached hydrogens (primary N) is 1. The van der Waals surface area contributed by atoms with Crippen LogP contribution in [0.4, 0.5) is 4.39 Å². The lowest BCUT2D eigenvalue weighted by Gasteiger charge is -2.08. The Morgan fingerprint density at radius 2 is 1.79 bits per heavy atom. The lowest BCUT2D eigenvalue weighted by Crippen LogP contribution is -2.05. The molecule has 2 rings (SSSR count). The average molecular weight is 298 g/mol. The maximum atomic E-state index is 13.1. The number of hydrogen-bond donors (Lipinski definition) is 1. The minimum absolute atomic E-state index is 0.227. The summed E-state index contributed by atoms with van der Waals surface area (Å²) in [6.07, 6.45) is 0. The highest BCUT2D eigenvalue weighted by Crippen LogP contribution is 2.18. The van der Waals surface area contributed by atoms with Gasteiger partial charge in [0.1, 0.15) is 5.82 Å². The van der Waals surface area contributed by atoms with Gasteiger partial charge in [-0.2, -0.15) is 0 Å². The molecule has 0 aliphatic carbocycles. The number of halogens is 2. The third-order valence-electron chi connectivity index (χ3n) is 2.75. The van der Waals surface area contributed by atoms with E-state index in [2.05, 4.69) is 0 Å². The van der Waals surface area contributed by atoms with Crippen molar-refractivity contribution in [2.75, 3.05) is 0 Å². The van der Waals surface area contributed by atoms with E-state index in [0.717, 1.165) is 5.56 Å². The van der Waals surface area contributed by atoms with Crippen molar-refractivity contribution < 1.29 is 8.60 Å². The molecule has 0 aliphatic heterocycles. The fraction of sp³-hybridized carbons (Fsp3) is 0.143. The summed E-state index contributed by atoms with van der Waals surface area (Å²) >= 11 is 5.78. The molecule has 0 aromatic heterocycles. The Labute approximate surface area is 118 Å². The van der Waals surface area contributed by atoms with E-state index in [-0.39, 0.29) is 12.4 Å². The Kier molecular flexibility index (Phi) is 4.69. The van der Waals surface area contributed by atoms with Crippen LogP contribution in [0.1, 0.15) is 11.1 Å². The van der Waals surface area contributed by atoms with Crippen LogP contribution < -0.4 is 5.73 Å². The first-order valence-corrected chi connectivity index (χ1v) is 7.41. The van der Waals surface area contributed by atoms with E-state index in [9.17, 15) is 8.60 Å². The molecular weight excluding hydrogens is 285 g/mol. The van der Waals surface area contributed by atoms with Crippen LogP contribution in [0.15, 0.2) is 47.4 Å². The molecule has 100 valence electrons. The van der Waals surface area contributed by atoms with Crippen LogP contribution in [-0.4, -0.2) is 4.21 Å². The SMILES string of the molecule is NCc1cc(F)ccc1CS(=O)c1ccc(Cl)cc1. The van der Waals surface area contributed by atoms with Gasteiger partial charge in [0.2, 0.25) is 0 Å². The summed E-state index contributed by atoms with van der Waals surface area (Å²) < 4.78 is 25.3. The minimum atomic E-state index is -1.20. The molecule has 0 bridgehead atoms. The van der Waals surface area contributed by atoms with Crippen molar-refractivity contribution in [1.29, 1.82) is 0 Å². The first-order chi connectivity index (χ1) is 9.10. The van der Waals surface area contributed by atoms with Gasteiger partial charge in [0.15, 0.2) is 0 Å². The molecule has 0 spiro atoms. The Bertz CT molecular complexity index is 601. The summed E-state index contributed by atoms with van der Waals surface area (Å²) in [7, 11) is -1.20. The zero-order valence-corrected chi connectivity index (χ0v) is 11.7. The highest BCUT2D eigenvalue weighted by atomic mass is 35.5. The molecular formula is C14H13ClFNOS. The maximum absolute atomic E-state index is 13.1. The molecule has 2 aromatic carbocycles. The summed E-state index contributed by atoms with van der Waals surface area (Å²) in [5.41, 5.74) is 7.06. The van der Waals surface area contributed by atoms with Gasteiger partial charge in [0.05, 0.1) is 16.6 Å². The van der Waals surface area contributed by atoms with Crippen molar-refractivity contribution in [1.82, 2.24) is 0 Å². The van der Waals surface area contributed by atoms with E-state index in [0.29, 0.717) is 21.2 Å². The van der Waals surface area contributed by atoms with Crippen molar-refractivity contribution in [3.63, 3.8) is 0 Å². The lowest BCUT2D eigenvalue weighted by molar-refractivity contribution is 0.624. The number of benzene rings is 2. The first kappa shape index (κ1) is 14.2. The van der Waals surface area contributed by atoms with Gasteiger partial charge in [-0.1, -0.05) is 17.7 Å². The molecule has 2 aromatic rings. The second-order valence-electron chi connectivity index (χ2n) is 4.06. The van der Waals surface area contributed by atoms with Crippen LogP contribution in [0.2, 0.25) is 5.02 Å². The van der Waals surface area contributed by atoms with Crippen molar-refractivity contribution >= 4 is 22.4 Å². The van der Waals surface area contributed by atoms with Crippen LogP contribution in [0, 0.1) is 5.82 Å². The molecule has 0 amide bonds. The van der Waals surface area contributed by atoms with Gasteiger partial charge in [0.25, 0.3) is 0 Å². The van der Waals surface area contributed by atoms with Crippen LogP contribution in [0.3, 0.4) is 0 Å². The van der Waals surface area contributed by atoms with Gasteiger partial charge in [-0.15, -0.1) is 0 Å². The van der Waals surface area contributed by atoms with Gasteiger partial charge in [-0.05, 0) is 47.5 Å². The van der Waals surface area contributed by atoms with Crippen LogP contribution in [0.25, 0.3) is 0 Å². The van der Waals surface area contributed by atoms with Crippen LogP contribution >= 0.6 is 11.6 Å². The quantitative estimate of drug-likeness (QED) is 0.941. The van der Waals surface area contributed by atoms with E-state index in [1.54, 1.807) is 30.3 Å². The highest BCUT2D eigenvalue weighted by Gasteiger charge is 2.09. The monoisotopic (exact) mass is 297 g/mol. The predicted octanol–water partition coefficient (Wildman–Crippen LogP) is 3.25. The Morgan fingerprint density at radius 1 is 1.11 bits per heavy atom. The normalized spacial score (nSPS) is 12.4. The van der Waals surface area contributed by atoms with Gasteiger partial charge in [0, 0.05) is 16.5 Å². The van der Waals surface area contributed by atoms with Gasteiger partial charge >= 0.3 is 0 Å². The largest absolute Gasteiger partial charge is 0.326 e. The maximum Gasteiger partial charge on any atom is 0.123 e. The molecule has 2 nitrogen and oxygen atoms in total. The molecule has 1 atom stereocenters. The van der Waals surface area contributed by atoms with Crippen molar-refractivity contribution in [3.05, 3.63) is 64.4 Å². The standard InChI is InChI=1S/C14H13ClFNOS/c15-12-2-5-14(6-3-12)19(18)9-10-1-4-13(16)7-11(10)8-17/h1-7H,8-9,17H2. The topological polar surface area (TPSA) is 43.1 Å². The molecule has 0 saturated carbocycles. The molecule has 5 heteroatoms. The third-order valence-corrected chi connectivity index (χ3v) is 4.37. The smallest absolute Gasteiger partial charge is 0.123 e. The van der Waals surface area contributed by atoms with Gasteiger partial charge in [-0.25, -0.2) is 4.39 Å². The molecule has 2 N–H and O–H groups in total. The lowest BCUT2D eigenvalue weighted by atomic mass is 10.1. The van der Waals surface area contributed by atoms with Crippen molar-refractivity contribution in [3.8, 4) is 0 Å². The molecule has 0 fully saturated rings. The Morgan fingerprint density at radius 3 is 2.42 bits per heavy atom. The fourth-order valence-electron chi connectivity index (χ4n) is 1.74. The van der Waals surface area contributed by atoms with E-state index in [1.807, 2.05) is 0 Å². The summed E-state index contributed by atoms with van der Waals surface area (Å²) in [4.78, 5) is 0.691. The predicted molar refractivity (Wildman–Crippen MR) is 75.9 cm³/mol. The molecule has 0 saturated heterocycles. The minimum Gasteiger partial charge on any atom is -0.326 e. The van der Waals surface area contributed by atoms with E-state index < -0.39 is 10.8 Å². The summed E-state index contributed by atoms with van der Waals surface area (Å²) in [6.45, 7) is 0.227. The van der Waals surface area contributed by atoms with E-state index in [4.69, 9.17) is 17.3 Å². The van der Waals surface area contributed by atoms with Crippen LogP contribution in [-0.2, 0) is 23.1 Å². The van der Waals surface area contributed by atoms with Crippen molar-refractivity contribution in [2.45, 2.75) is 17.2 Å². The van der Waals surface area contributed by atoms with Crippen molar-refractivity contribution in [2.24, 2.45) is 5.73 Å². The molecule has 0 aliphatic rings. The van der Waals surface area contributed by atoms with Gasteiger partial charge < -0.3 is 5.73 Å². The molecule has 0 heterocycles. The second kappa shape index (κ2) is 6.28. The highest BCUT2D eigenvalue weighted by molar-refractivity contribution is 7.84. The summed E-state index contributed by atoms with van der Waals surface area (Å²) in [6, 6.07) is 11.2. The Balaban J connectivity index is 2.21. The zero-order valence-electron chi connectivity index (χ0n) is 10.1. The van der Waals surface area contributed by atoms with E-state index in [1.165, 1.54) is 12.1 Å². The van der Waals surface area contributed by atoms with Crippen LogP contribution in [0.5, 0.6) is 0 Å². The van der Waals surface area contributed by atoms with E-state index >= 15 is 0 Å². The average Bonchev–Trinajstić information content (AvgIpc) is 2.41. The fourth-order valence-corrected chi connectivity index (χ4v) is 3.03. The number of rotatable bonds is 4. The Hall–Kier alpha value is -1.23.